The zero-order valence-corrected chi connectivity index (χ0v) is 14.4. The number of benzene rings is 1. The van der Waals surface area contributed by atoms with Gasteiger partial charge >= 0.3 is 6.03 Å². The molecule has 0 atom stereocenters. The summed E-state index contributed by atoms with van der Waals surface area (Å²) in [6, 6.07) is 9.50. The van der Waals surface area contributed by atoms with Gasteiger partial charge in [0.15, 0.2) is 0 Å². The lowest BCUT2D eigenvalue weighted by molar-refractivity contribution is 0.250. The zero-order valence-electron chi connectivity index (χ0n) is 12.8. The van der Waals surface area contributed by atoms with Gasteiger partial charge < -0.3 is 10.6 Å². The van der Waals surface area contributed by atoms with Gasteiger partial charge in [-0.2, -0.15) is 0 Å². The lowest BCUT2D eigenvalue weighted by Gasteiger charge is -2.11. The van der Waals surface area contributed by atoms with Gasteiger partial charge in [-0.1, -0.05) is 22.0 Å². The smallest absolute Gasteiger partial charge is 0.320 e. The second kappa shape index (κ2) is 7.26. The first-order chi connectivity index (χ1) is 10.4. The molecule has 0 bridgehead atoms. The van der Waals surface area contributed by atoms with Crippen LogP contribution >= 0.6 is 15.9 Å². The summed E-state index contributed by atoms with van der Waals surface area (Å²) in [6.07, 6.45) is 1.68. The Morgan fingerprint density at radius 3 is 2.50 bits per heavy atom. The van der Waals surface area contributed by atoms with Crippen LogP contribution in [-0.4, -0.2) is 17.1 Å². The Morgan fingerprint density at radius 2 is 1.91 bits per heavy atom. The van der Waals surface area contributed by atoms with Crippen molar-refractivity contribution in [3.05, 3.63) is 46.6 Å². The summed E-state index contributed by atoms with van der Waals surface area (Å²) in [6.45, 7) is 5.84. The number of urea groups is 1. The molecule has 0 fully saturated rings. The fourth-order valence-corrected chi connectivity index (χ4v) is 2.17. The van der Waals surface area contributed by atoms with Crippen LogP contribution in [0.5, 0.6) is 0 Å². The van der Waals surface area contributed by atoms with Gasteiger partial charge in [-0.3, -0.25) is 5.32 Å². The van der Waals surface area contributed by atoms with E-state index in [2.05, 4.69) is 36.9 Å². The quantitative estimate of drug-likeness (QED) is 0.753. The van der Waals surface area contributed by atoms with Crippen LogP contribution in [0.2, 0.25) is 0 Å². The van der Waals surface area contributed by atoms with Crippen molar-refractivity contribution < 1.29 is 4.79 Å². The standard InChI is InChI=1S/C16H19BrN4O/c1-10(2)19-16(22)21-15-7-6-13(9-18-15)20-12-5-4-11(3)14(17)8-12/h4-10,20H,1-3H3,(H2,18,19,21,22). The molecule has 0 spiro atoms. The molecule has 22 heavy (non-hydrogen) atoms. The van der Waals surface area contributed by atoms with Crippen LogP contribution in [0.3, 0.4) is 0 Å². The SMILES string of the molecule is Cc1ccc(Nc2ccc(NC(=O)NC(C)C)nc2)cc1Br. The third-order valence-electron chi connectivity index (χ3n) is 2.89. The Labute approximate surface area is 138 Å². The molecule has 1 aromatic carbocycles. The highest BCUT2D eigenvalue weighted by Crippen LogP contribution is 2.23. The number of aryl methyl sites for hydroxylation is 1. The van der Waals surface area contributed by atoms with E-state index >= 15 is 0 Å². The minimum absolute atomic E-state index is 0.0842. The number of carbonyl (C=O) groups excluding carboxylic acids is 1. The number of halogens is 1. The molecule has 0 aliphatic rings. The Balaban J connectivity index is 1.99. The minimum Gasteiger partial charge on any atom is -0.354 e. The summed E-state index contributed by atoms with van der Waals surface area (Å²) < 4.78 is 1.05. The molecular formula is C16H19BrN4O. The van der Waals surface area contributed by atoms with Crippen LogP contribution in [0, 0.1) is 6.92 Å². The van der Waals surface area contributed by atoms with E-state index in [1.54, 1.807) is 12.3 Å². The number of pyridine rings is 1. The van der Waals surface area contributed by atoms with Gasteiger partial charge in [0, 0.05) is 16.2 Å². The van der Waals surface area contributed by atoms with Gasteiger partial charge in [-0.05, 0) is 50.6 Å². The van der Waals surface area contributed by atoms with Crippen molar-refractivity contribution in [2.45, 2.75) is 26.8 Å². The Hall–Kier alpha value is -2.08. The van der Waals surface area contributed by atoms with Gasteiger partial charge in [-0.25, -0.2) is 9.78 Å². The molecule has 0 aliphatic heterocycles. The summed E-state index contributed by atoms with van der Waals surface area (Å²) in [7, 11) is 0. The third kappa shape index (κ3) is 4.73. The van der Waals surface area contributed by atoms with E-state index in [0.717, 1.165) is 15.8 Å². The number of rotatable bonds is 4. The lowest BCUT2D eigenvalue weighted by atomic mass is 10.2. The number of carbonyl (C=O) groups is 1. The molecule has 0 saturated carbocycles. The van der Waals surface area contributed by atoms with Crippen molar-refractivity contribution in [1.29, 1.82) is 0 Å². The van der Waals surface area contributed by atoms with E-state index < -0.39 is 0 Å². The number of hydrogen-bond acceptors (Lipinski definition) is 3. The molecule has 1 heterocycles. The maximum Gasteiger partial charge on any atom is 0.320 e. The molecule has 0 radical (unpaired) electrons. The molecule has 0 unspecified atom stereocenters. The van der Waals surface area contributed by atoms with Crippen molar-refractivity contribution in [1.82, 2.24) is 10.3 Å². The fraction of sp³-hybridized carbons (Fsp3) is 0.250. The molecule has 2 amide bonds. The van der Waals surface area contributed by atoms with E-state index in [4.69, 9.17) is 0 Å². The van der Waals surface area contributed by atoms with Crippen molar-refractivity contribution in [2.75, 3.05) is 10.6 Å². The molecule has 2 rings (SSSR count). The largest absolute Gasteiger partial charge is 0.354 e. The number of nitrogens with one attached hydrogen (secondary N) is 3. The van der Waals surface area contributed by atoms with Crippen LogP contribution in [-0.2, 0) is 0 Å². The van der Waals surface area contributed by atoms with E-state index in [0.29, 0.717) is 5.82 Å². The second-order valence-corrected chi connectivity index (χ2v) is 6.13. The van der Waals surface area contributed by atoms with Crippen molar-refractivity contribution in [2.24, 2.45) is 0 Å². The molecule has 0 aliphatic carbocycles. The summed E-state index contributed by atoms with van der Waals surface area (Å²) in [5.41, 5.74) is 3.00. The lowest BCUT2D eigenvalue weighted by Crippen LogP contribution is -2.34. The number of anilines is 3. The van der Waals surface area contributed by atoms with E-state index in [9.17, 15) is 4.79 Å². The van der Waals surface area contributed by atoms with E-state index in [1.807, 2.05) is 45.0 Å². The Bertz CT molecular complexity index is 656. The first-order valence-corrected chi connectivity index (χ1v) is 7.80. The van der Waals surface area contributed by atoms with Crippen LogP contribution in [0.4, 0.5) is 22.0 Å². The molecule has 6 heteroatoms. The topological polar surface area (TPSA) is 66.0 Å². The Kier molecular flexibility index (Phi) is 5.38. The van der Waals surface area contributed by atoms with Gasteiger partial charge in [0.25, 0.3) is 0 Å². The number of hydrogen-bond donors (Lipinski definition) is 3. The second-order valence-electron chi connectivity index (χ2n) is 5.27. The predicted molar refractivity (Wildman–Crippen MR) is 93.7 cm³/mol. The van der Waals surface area contributed by atoms with Crippen LogP contribution in [0.25, 0.3) is 0 Å². The summed E-state index contributed by atoms with van der Waals surface area (Å²) in [5.74, 6) is 0.508. The van der Waals surface area contributed by atoms with Gasteiger partial charge in [0.1, 0.15) is 5.82 Å². The van der Waals surface area contributed by atoms with Crippen molar-refractivity contribution in [3.8, 4) is 0 Å². The van der Waals surface area contributed by atoms with E-state index in [1.165, 1.54) is 5.56 Å². The maximum atomic E-state index is 11.6. The number of nitrogens with zero attached hydrogens (tertiary/aromatic N) is 1. The highest BCUT2D eigenvalue weighted by molar-refractivity contribution is 9.10. The molecule has 5 nitrogen and oxygen atoms in total. The highest BCUT2D eigenvalue weighted by Gasteiger charge is 2.04. The zero-order chi connectivity index (χ0) is 16.1. The van der Waals surface area contributed by atoms with Gasteiger partial charge in [-0.15, -0.1) is 0 Å². The number of amides is 2. The summed E-state index contributed by atoms with van der Waals surface area (Å²) in [5, 5.41) is 8.69. The molecule has 1 aromatic heterocycles. The summed E-state index contributed by atoms with van der Waals surface area (Å²) in [4.78, 5) is 15.8. The molecular weight excluding hydrogens is 344 g/mol. The first-order valence-electron chi connectivity index (χ1n) is 7.01. The average molecular weight is 363 g/mol. The third-order valence-corrected chi connectivity index (χ3v) is 3.74. The van der Waals surface area contributed by atoms with Crippen LogP contribution in [0.1, 0.15) is 19.4 Å². The van der Waals surface area contributed by atoms with Gasteiger partial charge in [0.2, 0.25) is 0 Å². The molecule has 0 saturated heterocycles. The minimum atomic E-state index is -0.259. The Morgan fingerprint density at radius 1 is 1.18 bits per heavy atom. The maximum absolute atomic E-state index is 11.6. The van der Waals surface area contributed by atoms with Crippen molar-refractivity contribution in [3.63, 3.8) is 0 Å². The monoisotopic (exact) mass is 362 g/mol. The molecule has 116 valence electrons. The first kappa shape index (κ1) is 16.3. The molecule has 3 N–H and O–H groups in total. The summed E-state index contributed by atoms with van der Waals surface area (Å²) >= 11 is 3.51. The normalized spacial score (nSPS) is 10.4. The van der Waals surface area contributed by atoms with Crippen molar-refractivity contribution >= 4 is 39.2 Å². The number of aromatic nitrogens is 1. The van der Waals surface area contributed by atoms with Crippen LogP contribution in [0.15, 0.2) is 41.0 Å². The van der Waals surface area contributed by atoms with Crippen LogP contribution < -0.4 is 16.0 Å². The molecule has 2 aromatic rings. The fourth-order valence-electron chi connectivity index (χ4n) is 1.79. The highest BCUT2D eigenvalue weighted by atomic mass is 79.9. The average Bonchev–Trinajstić information content (AvgIpc) is 2.44. The van der Waals surface area contributed by atoms with E-state index in [-0.39, 0.29) is 12.1 Å². The predicted octanol–water partition coefficient (Wildman–Crippen LogP) is 4.43. The van der Waals surface area contributed by atoms with Gasteiger partial charge in [0.05, 0.1) is 11.9 Å².